The van der Waals surface area contributed by atoms with E-state index in [4.69, 9.17) is 4.42 Å². The number of aromatic nitrogens is 4. The zero-order valence-electron chi connectivity index (χ0n) is 9.14. The van der Waals surface area contributed by atoms with Gasteiger partial charge in [-0.3, -0.25) is 9.89 Å². The van der Waals surface area contributed by atoms with Crippen LogP contribution in [0.25, 0.3) is 0 Å². The van der Waals surface area contributed by atoms with Gasteiger partial charge in [-0.05, 0) is 6.92 Å². The fraction of sp³-hybridized carbons (Fsp3) is 0.333. The van der Waals surface area contributed by atoms with Gasteiger partial charge in [-0.15, -0.1) is 5.10 Å². The lowest BCUT2D eigenvalue weighted by Gasteiger charge is -2.00. The van der Waals surface area contributed by atoms with Crippen LogP contribution in [-0.2, 0) is 0 Å². The van der Waals surface area contributed by atoms with E-state index in [0.717, 1.165) is 5.82 Å². The van der Waals surface area contributed by atoms with Gasteiger partial charge >= 0.3 is 0 Å². The normalized spacial score (nSPS) is 10.4. The second kappa shape index (κ2) is 5.48. The molecule has 8 heteroatoms. The highest BCUT2D eigenvalue weighted by Gasteiger charge is 2.08. The van der Waals surface area contributed by atoms with E-state index in [9.17, 15) is 4.79 Å². The Morgan fingerprint density at radius 2 is 2.53 bits per heavy atom. The van der Waals surface area contributed by atoms with Crippen LogP contribution in [0.15, 0.2) is 22.2 Å². The first-order valence-electron chi connectivity index (χ1n) is 4.94. The molecule has 0 aliphatic heterocycles. The molecule has 0 atom stereocenters. The smallest absolute Gasteiger partial charge is 0.288 e. The van der Waals surface area contributed by atoms with Crippen LogP contribution in [0.1, 0.15) is 16.4 Å². The summed E-state index contributed by atoms with van der Waals surface area (Å²) in [6.45, 7) is 2.35. The lowest BCUT2D eigenvalue weighted by Crippen LogP contribution is -2.25. The van der Waals surface area contributed by atoms with Crippen molar-refractivity contribution in [2.45, 2.75) is 12.1 Å². The van der Waals surface area contributed by atoms with Gasteiger partial charge in [0.05, 0.1) is 6.20 Å². The van der Waals surface area contributed by atoms with Gasteiger partial charge in [-0.2, -0.15) is 0 Å². The molecule has 90 valence electrons. The molecule has 0 bridgehead atoms. The molecule has 0 spiro atoms. The number of H-pyrrole nitrogens is 1. The number of aryl methyl sites for hydroxylation is 1. The topological polar surface area (TPSA) is 96.7 Å². The standard InChI is InChI=1S/C9H11N5O2S/c1-6-12-9(14-13-6)17-3-2-11-8(15)7-4-10-5-16-7/h4-5H,2-3H2,1H3,(H,11,15)(H,12,13,14). The molecule has 0 aromatic carbocycles. The first-order chi connectivity index (χ1) is 8.25. The van der Waals surface area contributed by atoms with E-state index in [0.29, 0.717) is 17.5 Å². The molecule has 2 aromatic rings. The van der Waals surface area contributed by atoms with E-state index < -0.39 is 0 Å². The van der Waals surface area contributed by atoms with E-state index >= 15 is 0 Å². The largest absolute Gasteiger partial charge is 0.438 e. The highest BCUT2D eigenvalue weighted by molar-refractivity contribution is 7.99. The summed E-state index contributed by atoms with van der Waals surface area (Å²) >= 11 is 1.47. The summed E-state index contributed by atoms with van der Waals surface area (Å²) in [4.78, 5) is 19.2. The number of aromatic amines is 1. The molecule has 17 heavy (non-hydrogen) atoms. The molecule has 0 aliphatic carbocycles. The minimum Gasteiger partial charge on any atom is -0.438 e. The summed E-state index contributed by atoms with van der Waals surface area (Å²) in [5, 5.41) is 10.1. The lowest BCUT2D eigenvalue weighted by atomic mass is 10.5. The number of thioether (sulfide) groups is 1. The summed E-state index contributed by atoms with van der Waals surface area (Å²) < 4.78 is 4.85. The third-order valence-electron chi connectivity index (χ3n) is 1.85. The van der Waals surface area contributed by atoms with Crippen LogP contribution >= 0.6 is 11.8 Å². The van der Waals surface area contributed by atoms with E-state index in [2.05, 4.69) is 25.5 Å². The molecule has 2 aromatic heterocycles. The van der Waals surface area contributed by atoms with Crippen molar-refractivity contribution in [3.05, 3.63) is 24.2 Å². The first-order valence-corrected chi connectivity index (χ1v) is 5.93. The van der Waals surface area contributed by atoms with Crippen LogP contribution < -0.4 is 5.32 Å². The van der Waals surface area contributed by atoms with Crippen LogP contribution in [0.2, 0.25) is 0 Å². The molecule has 2 rings (SSSR count). The summed E-state index contributed by atoms with van der Waals surface area (Å²) in [5.74, 6) is 1.41. The molecule has 0 radical (unpaired) electrons. The van der Waals surface area contributed by atoms with Crippen molar-refractivity contribution < 1.29 is 9.21 Å². The van der Waals surface area contributed by atoms with Gasteiger partial charge in [0.1, 0.15) is 5.82 Å². The van der Waals surface area contributed by atoms with Crippen molar-refractivity contribution in [2.75, 3.05) is 12.3 Å². The molecule has 2 heterocycles. The molecule has 0 fully saturated rings. The second-order valence-corrected chi connectivity index (χ2v) is 4.24. The van der Waals surface area contributed by atoms with Gasteiger partial charge in [0.15, 0.2) is 6.39 Å². The highest BCUT2D eigenvalue weighted by Crippen LogP contribution is 2.10. The van der Waals surface area contributed by atoms with Crippen LogP contribution in [0.5, 0.6) is 0 Å². The van der Waals surface area contributed by atoms with Crippen LogP contribution in [0.4, 0.5) is 0 Å². The third kappa shape index (κ3) is 3.31. The van der Waals surface area contributed by atoms with E-state index in [1.54, 1.807) is 0 Å². The Morgan fingerprint density at radius 1 is 1.65 bits per heavy atom. The third-order valence-corrected chi connectivity index (χ3v) is 2.70. The van der Waals surface area contributed by atoms with Crippen LogP contribution in [-0.4, -0.2) is 38.4 Å². The number of hydrogen-bond donors (Lipinski definition) is 2. The number of oxazole rings is 1. The Labute approximate surface area is 101 Å². The number of carbonyl (C=O) groups is 1. The van der Waals surface area contributed by atoms with Crippen molar-refractivity contribution in [2.24, 2.45) is 0 Å². The van der Waals surface area contributed by atoms with Crippen molar-refractivity contribution in [3.8, 4) is 0 Å². The lowest BCUT2D eigenvalue weighted by molar-refractivity contribution is 0.0928. The van der Waals surface area contributed by atoms with Gasteiger partial charge in [-0.1, -0.05) is 11.8 Å². The maximum atomic E-state index is 11.4. The Balaban J connectivity index is 1.68. The summed E-state index contributed by atoms with van der Waals surface area (Å²) in [7, 11) is 0. The number of amides is 1. The van der Waals surface area contributed by atoms with E-state index in [-0.39, 0.29) is 11.7 Å². The van der Waals surface area contributed by atoms with Crippen molar-refractivity contribution >= 4 is 17.7 Å². The van der Waals surface area contributed by atoms with E-state index in [1.165, 1.54) is 24.4 Å². The van der Waals surface area contributed by atoms with Gasteiger partial charge in [0.2, 0.25) is 10.9 Å². The molecule has 0 saturated carbocycles. The Kier molecular flexibility index (Phi) is 3.76. The quantitative estimate of drug-likeness (QED) is 0.599. The monoisotopic (exact) mass is 253 g/mol. The average molecular weight is 253 g/mol. The van der Waals surface area contributed by atoms with Gasteiger partial charge in [-0.25, -0.2) is 9.97 Å². The van der Waals surface area contributed by atoms with Gasteiger partial charge in [0, 0.05) is 12.3 Å². The SMILES string of the molecule is Cc1nc(SCCNC(=O)c2cnco2)n[nH]1. The summed E-state index contributed by atoms with van der Waals surface area (Å²) in [6, 6.07) is 0. The molecule has 0 saturated heterocycles. The van der Waals surface area contributed by atoms with E-state index in [1.807, 2.05) is 6.92 Å². The summed E-state index contributed by atoms with van der Waals surface area (Å²) in [6.07, 6.45) is 2.60. The average Bonchev–Trinajstić information content (AvgIpc) is 2.95. The zero-order chi connectivity index (χ0) is 12.1. The number of nitrogens with one attached hydrogen (secondary N) is 2. The number of carbonyl (C=O) groups excluding carboxylic acids is 1. The molecular weight excluding hydrogens is 242 g/mol. The molecule has 2 N–H and O–H groups in total. The number of nitrogens with zero attached hydrogens (tertiary/aromatic N) is 3. The molecule has 7 nitrogen and oxygen atoms in total. The van der Waals surface area contributed by atoms with Crippen molar-refractivity contribution in [1.29, 1.82) is 0 Å². The van der Waals surface area contributed by atoms with Gasteiger partial charge in [0.25, 0.3) is 5.91 Å². The van der Waals surface area contributed by atoms with Crippen LogP contribution in [0, 0.1) is 6.92 Å². The first kappa shape index (κ1) is 11.6. The predicted octanol–water partition coefficient (Wildman–Crippen LogP) is 0.623. The van der Waals surface area contributed by atoms with Crippen molar-refractivity contribution in [3.63, 3.8) is 0 Å². The summed E-state index contributed by atoms with van der Waals surface area (Å²) in [5.41, 5.74) is 0. The maximum absolute atomic E-state index is 11.4. The van der Waals surface area contributed by atoms with Crippen molar-refractivity contribution in [1.82, 2.24) is 25.5 Å². The Morgan fingerprint density at radius 3 is 3.18 bits per heavy atom. The fourth-order valence-corrected chi connectivity index (χ4v) is 1.81. The fourth-order valence-electron chi connectivity index (χ4n) is 1.11. The Hall–Kier alpha value is -1.83. The number of rotatable bonds is 5. The van der Waals surface area contributed by atoms with Gasteiger partial charge < -0.3 is 9.73 Å². The molecule has 1 amide bonds. The zero-order valence-corrected chi connectivity index (χ0v) is 9.95. The Bertz CT molecular complexity index is 481. The number of hydrogen-bond acceptors (Lipinski definition) is 6. The molecule has 0 unspecified atom stereocenters. The van der Waals surface area contributed by atoms with Crippen LogP contribution in [0.3, 0.4) is 0 Å². The predicted molar refractivity (Wildman–Crippen MR) is 60.7 cm³/mol. The minimum atomic E-state index is -0.269. The highest BCUT2D eigenvalue weighted by atomic mass is 32.2. The molecule has 0 aliphatic rings. The minimum absolute atomic E-state index is 0.212. The maximum Gasteiger partial charge on any atom is 0.288 e. The molecular formula is C9H11N5O2S. The second-order valence-electron chi connectivity index (χ2n) is 3.17.